The zero-order valence-corrected chi connectivity index (χ0v) is 16.4. The van der Waals surface area contributed by atoms with Crippen molar-refractivity contribution in [3.8, 4) is 0 Å². The van der Waals surface area contributed by atoms with Crippen molar-refractivity contribution in [2.45, 2.75) is 26.2 Å². The van der Waals surface area contributed by atoms with Gasteiger partial charge in [0, 0.05) is 23.6 Å². The van der Waals surface area contributed by atoms with Gasteiger partial charge in [-0.15, -0.1) is 0 Å². The van der Waals surface area contributed by atoms with Gasteiger partial charge in [-0.05, 0) is 22.6 Å². The molecule has 0 spiro atoms. The summed E-state index contributed by atoms with van der Waals surface area (Å²) in [7, 11) is 0. The number of carbonyl (C=O) groups is 1. The summed E-state index contributed by atoms with van der Waals surface area (Å²) >= 11 is 5.51. The normalized spacial score (nSPS) is 10.2. The van der Waals surface area contributed by atoms with E-state index in [1.807, 2.05) is 30.3 Å². The quantitative estimate of drug-likeness (QED) is 0.345. The van der Waals surface area contributed by atoms with Crippen molar-refractivity contribution in [2.75, 3.05) is 5.73 Å². The maximum absolute atomic E-state index is 10.8. The first-order valence-corrected chi connectivity index (χ1v) is 7.53. The monoisotopic (exact) mass is 335 g/mol. The molecule has 0 fully saturated rings. The fourth-order valence-electron chi connectivity index (χ4n) is 2.30. The van der Waals surface area contributed by atoms with E-state index in [4.69, 9.17) is 18.0 Å². The number of aliphatic carboxylic acids is 1. The standard InChI is InChI=1S/C18H19NO2S.Na/c1-11(2)12-6-8-13(9-7-12)18(22)15-5-3-4-14(17(15)19)10-16(20)21;/h3-9,11H,10,19H2,1-2H3,(H,20,21);/q;+1/p-1. The van der Waals surface area contributed by atoms with E-state index in [-0.39, 0.29) is 36.0 Å². The number of nitrogens with two attached hydrogens (primary N) is 1. The Morgan fingerprint density at radius 3 is 2.30 bits per heavy atom. The van der Waals surface area contributed by atoms with Crippen LogP contribution in [0.3, 0.4) is 0 Å². The fraction of sp³-hybridized carbons (Fsp3) is 0.222. The molecule has 114 valence electrons. The van der Waals surface area contributed by atoms with Crippen molar-refractivity contribution in [2.24, 2.45) is 0 Å². The Labute approximate surface area is 164 Å². The molecule has 3 nitrogen and oxygen atoms in total. The Bertz CT molecular complexity index is 711. The van der Waals surface area contributed by atoms with E-state index >= 15 is 0 Å². The second kappa shape index (κ2) is 8.60. The van der Waals surface area contributed by atoms with Gasteiger partial charge in [0.05, 0.1) is 4.86 Å². The zero-order valence-electron chi connectivity index (χ0n) is 13.6. The van der Waals surface area contributed by atoms with E-state index in [1.54, 1.807) is 12.1 Å². The predicted molar refractivity (Wildman–Crippen MR) is 90.9 cm³/mol. The summed E-state index contributed by atoms with van der Waals surface area (Å²) in [6.07, 6.45) is -0.214. The number of carboxylic acids is 1. The Kier molecular flexibility index (Phi) is 7.42. The van der Waals surface area contributed by atoms with Crippen LogP contribution in [0.15, 0.2) is 42.5 Å². The number of carboxylic acid groups (broad SMARTS) is 1. The van der Waals surface area contributed by atoms with Crippen LogP contribution in [0.2, 0.25) is 0 Å². The van der Waals surface area contributed by atoms with E-state index in [2.05, 4.69) is 13.8 Å². The summed E-state index contributed by atoms with van der Waals surface area (Å²) in [4.78, 5) is 11.4. The van der Waals surface area contributed by atoms with Gasteiger partial charge in [-0.2, -0.15) is 0 Å². The van der Waals surface area contributed by atoms with Crippen molar-refractivity contribution < 1.29 is 39.5 Å². The minimum absolute atomic E-state index is 0. The Balaban J connectivity index is 0.00000264. The van der Waals surface area contributed by atoms with Gasteiger partial charge < -0.3 is 15.6 Å². The van der Waals surface area contributed by atoms with Crippen molar-refractivity contribution >= 4 is 28.7 Å². The van der Waals surface area contributed by atoms with Crippen molar-refractivity contribution in [3.05, 3.63) is 64.7 Å². The average Bonchev–Trinajstić information content (AvgIpc) is 2.48. The molecule has 0 aliphatic rings. The number of hydrogen-bond acceptors (Lipinski definition) is 4. The fourth-order valence-corrected chi connectivity index (χ4v) is 2.61. The number of anilines is 1. The van der Waals surface area contributed by atoms with Gasteiger partial charge in [0.25, 0.3) is 0 Å². The predicted octanol–water partition coefficient (Wildman–Crippen LogP) is -0.545. The van der Waals surface area contributed by atoms with Gasteiger partial charge in [-0.1, -0.05) is 68.5 Å². The van der Waals surface area contributed by atoms with Gasteiger partial charge >= 0.3 is 29.6 Å². The molecule has 0 atom stereocenters. The van der Waals surface area contributed by atoms with Crippen LogP contribution >= 0.6 is 12.2 Å². The number of hydrogen-bond donors (Lipinski definition) is 1. The van der Waals surface area contributed by atoms with Crippen LogP contribution in [0.5, 0.6) is 0 Å². The number of benzene rings is 2. The molecule has 0 aliphatic heterocycles. The molecule has 0 radical (unpaired) electrons. The number of carbonyl (C=O) groups excluding carboxylic acids is 1. The molecule has 2 N–H and O–H groups in total. The van der Waals surface area contributed by atoms with Crippen LogP contribution in [-0.4, -0.2) is 10.8 Å². The van der Waals surface area contributed by atoms with Crippen molar-refractivity contribution in [3.63, 3.8) is 0 Å². The smallest absolute Gasteiger partial charge is 0.550 e. The molecular formula is C18H18NNaO2S. The van der Waals surface area contributed by atoms with Gasteiger partial charge in [-0.3, -0.25) is 0 Å². The third-order valence-corrected chi connectivity index (χ3v) is 4.07. The molecule has 2 rings (SSSR count). The van der Waals surface area contributed by atoms with E-state index in [0.717, 1.165) is 5.56 Å². The summed E-state index contributed by atoms with van der Waals surface area (Å²) < 4.78 is 0. The van der Waals surface area contributed by atoms with Crippen LogP contribution < -0.4 is 40.4 Å². The first kappa shape index (κ1) is 19.8. The zero-order chi connectivity index (χ0) is 16.3. The molecule has 0 heterocycles. The molecule has 0 saturated heterocycles. The SMILES string of the molecule is CC(C)c1ccc(C(=S)c2cccc(CC(=O)[O-])c2N)cc1.[Na+]. The average molecular weight is 335 g/mol. The van der Waals surface area contributed by atoms with Gasteiger partial charge in [0.2, 0.25) is 0 Å². The molecule has 2 aromatic carbocycles. The van der Waals surface area contributed by atoms with Crippen LogP contribution in [0.1, 0.15) is 42.0 Å². The first-order valence-electron chi connectivity index (χ1n) is 7.12. The summed E-state index contributed by atoms with van der Waals surface area (Å²) in [6, 6.07) is 13.3. The second-order valence-corrected chi connectivity index (χ2v) is 5.94. The maximum Gasteiger partial charge on any atom is 1.00 e. The van der Waals surface area contributed by atoms with Crippen LogP contribution in [0.25, 0.3) is 0 Å². The minimum Gasteiger partial charge on any atom is -0.550 e. The number of rotatable bonds is 5. The number of thiocarbonyl (C=S) groups is 1. The minimum atomic E-state index is -1.16. The number of nitrogen functional groups attached to an aromatic ring is 1. The third-order valence-electron chi connectivity index (χ3n) is 3.62. The van der Waals surface area contributed by atoms with Crippen LogP contribution in [-0.2, 0) is 11.2 Å². The third kappa shape index (κ3) is 4.88. The topological polar surface area (TPSA) is 66.1 Å². The summed E-state index contributed by atoms with van der Waals surface area (Å²) in [6.45, 7) is 4.27. The molecule has 23 heavy (non-hydrogen) atoms. The summed E-state index contributed by atoms with van der Waals surface area (Å²) in [5.41, 5.74) is 9.83. The maximum atomic E-state index is 10.8. The second-order valence-electron chi connectivity index (χ2n) is 5.53. The molecule has 5 heteroatoms. The molecule has 0 bridgehead atoms. The molecule has 0 aliphatic carbocycles. The largest absolute Gasteiger partial charge is 1.00 e. The van der Waals surface area contributed by atoms with Gasteiger partial charge in [0.1, 0.15) is 0 Å². The Hall–Kier alpha value is -1.20. The summed E-state index contributed by atoms with van der Waals surface area (Å²) in [5.74, 6) is -0.699. The first-order chi connectivity index (χ1) is 10.4. The number of para-hydroxylation sites is 1. The van der Waals surface area contributed by atoms with Crippen molar-refractivity contribution in [1.82, 2.24) is 0 Å². The Morgan fingerprint density at radius 1 is 1.17 bits per heavy atom. The van der Waals surface area contributed by atoms with Crippen molar-refractivity contribution in [1.29, 1.82) is 0 Å². The van der Waals surface area contributed by atoms with E-state index in [1.165, 1.54) is 5.56 Å². The van der Waals surface area contributed by atoms with Crippen LogP contribution in [0, 0.1) is 0 Å². The van der Waals surface area contributed by atoms with E-state index in [0.29, 0.717) is 27.6 Å². The molecule has 2 aromatic rings. The Morgan fingerprint density at radius 2 is 1.78 bits per heavy atom. The van der Waals surface area contributed by atoms with E-state index < -0.39 is 5.97 Å². The molecular weight excluding hydrogens is 317 g/mol. The summed E-state index contributed by atoms with van der Waals surface area (Å²) in [5, 5.41) is 10.8. The van der Waals surface area contributed by atoms with Gasteiger partial charge in [-0.25, -0.2) is 0 Å². The van der Waals surface area contributed by atoms with Crippen LogP contribution in [0.4, 0.5) is 5.69 Å². The molecule has 0 amide bonds. The molecule has 0 unspecified atom stereocenters. The van der Waals surface area contributed by atoms with E-state index in [9.17, 15) is 9.90 Å². The molecule has 0 aromatic heterocycles. The molecule has 0 saturated carbocycles. The van der Waals surface area contributed by atoms with Gasteiger partial charge in [0.15, 0.2) is 0 Å².